The third-order valence-corrected chi connectivity index (χ3v) is 2.69. The summed E-state index contributed by atoms with van der Waals surface area (Å²) in [6.45, 7) is 5.83. The highest BCUT2D eigenvalue weighted by molar-refractivity contribution is 5.44. The average molecular weight is 230 g/mol. The topological polar surface area (TPSA) is 73.4 Å². The third kappa shape index (κ3) is 2.33. The van der Waals surface area contributed by atoms with Crippen molar-refractivity contribution in [2.24, 2.45) is 10.2 Å². The molecular formula is C12H14N4O. The van der Waals surface area contributed by atoms with Gasteiger partial charge in [-0.15, -0.1) is 5.11 Å². The largest absolute Gasteiger partial charge is 0.300 e. The van der Waals surface area contributed by atoms with E-state index >= 15 is 0 Å². The zero-order valence-corrected chi connectivity index (χ0v) is 10.0. The van der Waals surface area contributed by atoms with Gasteiger partial charge in [0.2, 0.25) is 0 Å². The summed E-state index contributed by atoms with van der Waals surface area (Å²) in [6, 6.07) is 5.80. The van der Waals surface area contributed by atoms with Crippen LogP contribution in [0.4, 0.5) is 11.4 Å². The van der Waals surface area contributed by atoms with Crippen LogP contribution in [0.1, 0.15) is 16.8 Å². The van der Waals surface area contributed by atoms with Crippen LogP contribution in [0.2, 0.25) is 0 Å². The predicted octanol–water partition coefficient (Wildman–Crippen LogP) is 3.04. The number of benzene rings is 1. The van der Waals surface area contributed by atoms with Crippen molar-refractivity contribution in [3.05, 3.63) is 45.4 Å². The number of nitrogens with one attached hydrogen (secondary N) is 2. The van der Waals surface area contributed by atoms with Crippen molar-refractivity contribution in [1.29, 1.82) is 0 Å². The van der Waals surface area contributed by atoms with Crippen LogP contribution < -0.4 is 5.56 Å². The summed E-state index contributed by atoms with van der Waals surface area (Å²) in [6.07, 6.45) is 0. The number of aromatic amines is 2. The van der Waals surface area contributed by atoms with Crippen molar-refractivity contribution < 1.29 is 0 Å². The second kappa shape index (κ2) is 4.37. The van der Waals surface area contributed by atoms with E-state index in [9.17, 15) is 4.79 Å². The molecule has 88 valence electrons. The molecule has 0 radical (unpaired) electrons. The van der Waals surface area contributed by atoms with E-state index in [1.165, 1.54) is 5.56 Å². The van der Waals surface area contributed by atoms with Crippen LogP contribution in [0.5, 0.6) is 0 Å². The first-order valence-electron chi connectivity index (χ1n) is 5.34. The fraction of sp³-hybridized carbons (Fsp3) is 0.250. The molecule has 1 aromatic carbocycles. The molecule has 1 aromatic heterocycles. The van der Waals surface area contributed by atoms with E-state index in [1.807, 2.05) is 32.0 Å². The van der Waals surface area contributed by atoms with Gasteiger partial charge in [-0.05, 0) is 44.0 Å². The number of aromatic nitrogens is 2. The monoisotopic (exact) mass is 230 g/mol. The average Bonchev–Trinajstić information content (AvgIpc) is 2.61. The summed E-state index contributed by atoms with van der Waals surface area (Å²) in [7, 11) is 0. The van der Waals surface area contributed by atoms with Crippen LogP contribution in [-0.4, -0.2) is 10.2 Å². The normalized spacial score (nSPS) is 11.2. The molecule has 0 bridgehead atoms. The maximum absolute atomic E-state index is 11.3. The fourth-order valence-electron chi connectivity index (χ4n) is 1.46. The van der Waals surface area contributed by atoms with E-state index < -0.39 is 0 Å². The summed E-state index contributed by atoms with van der Waals surface area (Å²) < 4.78 is 0. The number of rotatable bonds is 2. The molecule has 1 heterocycles. The standard InChI is InChI=1S/C12H14N4O/c1-7-4-5-10(6-8(7)2)14-15-11-9(3)13-16-12(11)17/h4-6H,1-3H3,(H2,13,16,17). The quantitative estimate of drug-likeness (QED) is 0.764. The van der Waals surface area contributed by atoms with Gasteiger partial charge in [0, 0.05) is 0 Å². The van der Waals surface area contributed by atoms with Crippen molar-refractivity contribution in [3.8, 4) is 0 Å². The van der Waals surface area contributed by atoms with Gasteiger partial charge in [-0.1, -0.05) is 6.07 Å². The van der Waals surface area contributed by atoms with Crippen LogP contribution in [-0.2, 0) is 0 Å². The summed E-state index contributed by atoms with van der Waals surface area (Å²) >= 11 is 0. The summed E-state index contributed by atoms with van der Waals surface area (Å²) in [5, 5.41) is 13.2. The zero-order valence-electron chi connectivity index (χ0n) is 10.0. The Kier molecular flexibility index (Phi) is 2.91. The Labute approximate surface area is 98.6 Å². The van der Waals surface area contributed by atoms with Gasteiger partial charge in [-0.3, -0.25) is 9.89 Å². The van der Waals surface area contributed by atoms with E-state index in [4.69, 9.17) is 0 Å². The number of hydrogen-bond acceptors (Lipinski definition) is 3. The number of hydrogen-bond donors (Lipinski definition) is 2. The molecule has 0 amide bonds. The molecule has 5 nitrogen and oxygen atoms in total. The Morgan fingerprint density at radius 3 is 2.35 bits per heavy atom. The van der Waals surface area contributed by atoms with E-state index in [0.717, 1.165) is 11.3 Å². The second-order valence-corrected chi connectivity index (χ2v) is 4.02. The van der Waals surface area contributed by atoms with E-state index in [0.29, 0.717) is 11.4 Å². The molecule has 0 saturated carbocycles. The molecule has 0 aliphatic heterocycles. The smallest absolute Gasteiger partial charge is 0.291 e. The fourth-order valence-corrected chi connectivity index (χ4v) is 1.46. The van der Waals surface area contributed by atoms with Crippen molar-refractivity contribution in [1.82, 2.24) is 10.2 Å². The highest BCUT2D eigenvalue weighted by atomic mass is 16.1. The minimum Gasteiger partial charge on any atom is -0.300 e. The summed E-state index contributed by atoms with van der Waals surface area (Å²) in [5.41, 5.74) is 3.86. The SMILES string of the molecule is Cc1ccc(N=Nc2c(C)[nH][nH]c2=O)cc1C. The number of H-pyrrole nitrogens is 2. The molecule has 0 aliphatic carbocycles. The van der Waals surface area contributed by atoms with Gasteiger partial charge in [0.05, 0.1) is 11.4 Å². The van der Waals surface area contributed by atoms with Gasteiger partial charge in [0.15, 0.2) is 5.69 Å². The van der Waals surface area contributed by atoms with Gasteiger partial charge in [-0.2, -0.15) is 5.11 Å². The lowest BCUT2D eigenvalue weighted by Gasteiger charge is -1.99. The maximum Gasteiger partial charge on any atom is 0.291 e. The number of aryl methyl sites for hydroxylation is 3. The number of azo groups is 1. The van der Waals surface area contributed by atoms with Crippen molar-refractivity contribution in [3.63, 3.8) is 0 Å². The van der Waals surface area contributed by atoms with Crippen molar-refractivity contribution in [2.45, 2.75) is 20.8 Å². The van der Waals surface area contributed by atoms with E-state index in [2.05, 4.69) is 20.4 Å². The lowest BCUT2D eigenvalue weighted by molar-refractivity contribution is 1.02. The minimum atomic E-state index is -0.255. The van der Waals surface area contributed by atoms with Gasteiger partial charge >= 0.3 is 0 Å². The molecule has 0 unspecified atom stereocenters. The third-order valence-electron chi connectivity index (χ3n) is 2.69. The summed E-state index contributed by atoms with van der Waals surface area (Å²) in [4.78, 5) is 11.3. The number of nitrogens with zero attached hydrogens (tertiary/aromatic N) is 2. The first-order valence-corrected chi connectivity index (χ1v) is 5.34. The van der Waals surface area contributed by atoms with Crippen LogP contribution in [0, 0.1) is 20.8 Å². The Morgan fingerprint density at radius 1 is 1.00 bits per heavy atom. The minimum absolute atomic E-state index is 0.255. The molecule has 0 saturated heterocycles. The first-order chi connectivity index (χ1) is 8.08. The van der Waals surface area contributed by atoms with Gasteiger partial charge in [0.25, 0.3) is 5.56 Å². The second-order valence-electron chi connectivity index (χ2n) is 4.02. The highest BCUT2D eigenvalue weighted by Gasteiger charge is 2.03. The van der Waals surface area contributed by atoms with E-state index in [1.54, 1.807) is 6.92 Å². The van der Waals surface area contributed by atoms with Gasteiger partial charge in [0.1, 0.15) is 0 Å². The van der Waals surface area contributed by atoms with Gasteiger partial charge < -0.3 is 5.10 Å². The molecule has 2 N–H and O–H groups in total. The Bertz CT molecular complexity index is 622. The lowest BCUT2D eigenvalue weighted by Crippen LogP contribution is -1.96. The van der Waals surface area contributed by atoms with Crippen molar-refractivity contribution in [2.75, 3.05) is 0 Å². The maximum atomic E-state index is 11.3. The molecule has 5 heteroatoms. The molecule has 0 aliphatic rings. The Morgan fingerprint density at radius 2 is 1.76 bits per heavy atom. The van der Waals surface area contributed by atoms with Crippen LogP contribution in [0.3, 0.4) is 0 Å². The van der Waals surface area contributed by atoms with E-state index in [-0.39, 0.29) is 5.56 Å². The van der Waals surface area contributed by atoms with Gasteiger partial charge in [-0.25, -0.2) is 0 Å². The molecule has 2 aromatic rings. The molecular weight excluding hydrogens is 216 g/mol. The van der Waals surface area contributed by atoms with Crippen LogP contribution in [0.25, 0.3) is 0 Å². The summed E-state index contributed by atoms with van der Waals surface area (Å²) in [5.74, 6) is 0. The molecule has 0 fully saturated rings. The Balaban J connectivity index is 2.32. The highest BCUT2D eigenvalue weighted by Crippen LogP contribution is 2.20. The van der Waals surface area contributed by atoms with Crippen molar-refractivity contribution >= 4 is 11.4 Å². The zero-order chi connectivity index (χ0) is 12.4. The molecule has 2 rings (SSSR count). The lowest BCUT2D eigenvalue weighted by atomic mass is 10.1. The Hall–Kier alpha value is -2.17. The molecule has 17 heavy (non-hydrogen) atoms. The predicted molar refractivity (Wildman–Crippen MR) is 66.2 cm³/mol. The van der Waals surface area contributed by atoms with Crippen LogP contribution >= 0.6 is 0 Å². The van der Waals surface area contributed by atoms with Crippen LogP contribution in [0.15, 0.2) is 33.2 Å². The molecule has 0 atom stereocenters. The molecule has 0 spiro atoms. The first kappa shape index (κ1) is 11.3.